The molecule has 0 saturated heterocycles. The van der Waals surface area contributed by atoms with Crippen molar-refractivity contribution in [1.29, 1.82) is 0 Å². The number of amides is 1. The molecule has 1 amide bonds. The number of thioether (sulfide) groups is 1. The van der Waals surface area contributed by atoms with Crippen molar-refractivity contribution < 1.29 is 9.21 Å². The molecule has 0 fully saturated rings. The van der Waals surface area contributed by atoms with Crippen molar-refractivity contribution in [3.8, 4) is 11.5 Å². The monoisotopic (exact) mass is 437 g/mol. The van der Waals surface area contributed by atoms with E-state index in [2.05, 4.69) is 25.7 Å². The van der Waals surface area contributed by atoms with E-state index < -0.39 is 0 Å². The van der Waals surface area contributed by atoms with Crippen LogP contribution in [0.25, 0.3) is 11.5 Å². The maximum absolute atomic E-state index is 12.3. The first-order chi connectivity index (χ1) is 14.6. The molecule has 2 heterocycles. The summed E-state index contributed by atoms with van der Waals surface area (Å²) in [5.74, 6) is 0.756. The topological polar surface area (TPSA) is 93.8 Å². The largest absolute Gasteiger partial charge is 0.411 e. The van der Waals surface area contributed by atoms with Gasteiger partial charge in [-0.3, -0.25) is 4.79 Å². The van der Waals surface area contributed by atoms with Gasteiger partial charge in [0.15, 0.2) is 0 Å². The number of aryl methyl sites for hydroxylation is 2. The predicted octanol–water partition coefficient (Wildman–Crippen LogP) is 4.43. The Labute approximate surface area is 182 Å². The summed E-state index contributed by atoms with van der Waals surface area (Å²) < 4.78 is 5.74. The van der Waals surface area contributed by atoms with Gasteiger partial charge in [0.25, 0.3) is 11.1 Å². The van der Waals surface area contributed by atoms with E-state index in [4.69, 9.17) is 4.42 Å². The van der Waals surface area contributed by atoms with Crippen LogP contribution in [0.1, 0.15) is 31.5 Å². The van der Waals surface area contributed by atoms with Crippen LogP contribution in [0.2, 0.25) is 0 Å². The Morgan fingerprint density at radius 1 is 1.03 bits per heavy atom. The summed E-state index contributed by atoms with van der Waals surface area (Å²) >= 11 is 2.63. The van der Waals surface area contributed by atoms with Gasteiger partial charge in [0.2, 0.25) is 10.9 Å². The van der Waals surface area contributed by atoms with Crippen LogP contribution in [0.15, 0.2) is 58.2 Å². The van der Waals surface area contributed by atoms with E-state index in [1.807, 2.05) is 62.4 Å². The lowest BCUT2D eigenvalue weighted by Gasteiger charge is -2.03. The van der Waals surface area contributed by atoms with Crippen molar-refractivity contribution in [1.82, 2.24) is 25.7 Å². The zero-order valence-corrected chi connectivity index (χ0v) is 18.1. The minimum absolute atomic E-state index is 0.232. The molecule has 0 unspecified atom stereocenters. The van der Waals surface area contributed by atoms with Gasteiger partial charge >= 0.3 is 0 Å². The fourth-order valence-electron chi connectivity index (χ4n) is 2.68. The van der Waals surface area contributed by atoms with Gasteiger partial charge in [-0.1, -0.05) is 71.1 Å². The Hall–Kier alpha value is -3.04. The van der Waals surface area contributed by atoms with Crippen LogP contribution in [-0.2, 0) is 12.3 Å². The number of benzene rings is 2. The van der Waals surface area contributed by atoms with Gasteiger partial charge in [0.1, 0.15) is 5.01 Å². The molecule has 0 aliphatic heterocycles. The van der Waals surface area contributed by atoms with E-state index in [-0.39, 0.29) is 5.91 Å². The molecule has 0 bridgehead atoms. The summed E-state index contributed by atoms with van der Waals surface area (Å²) in [5, 5.41) is 20.7. The highest BCUT2D eigenvalue weighted by atomic mass is 32.2. The van der Waals surface area contributed by atoms with Crippen molar-refractivity contribution >= 4 is 29.0 Å². The number of aromatic nitrogens is 4. The molecule has 0 saturated carbocycles. The SMILES string of the molecule is Cc1ccc(CNC(=O)c2nnc(CSc3nnc(-c4ccccc4C)o3)s2)cc1. The van der Waals surface area contributed by atoms with Crippen molar-refractivity contribution in [2.45, 2.75) is 31.4 Å². The fourth-order valence-corrected chi connectivity index (χ4v) is 4.19. The molecule has 4 aromatic rings. The molecule has 152 valence electrons. The molecule has 2 aromatic heterocycles. The second-order valence-corrected chi connectivity index (χ2v) is 8.63. The van der Waals surface area contributed by atoms with Gasteiger partial charge in [0.05, 0.1) is 5.75 Å². The highest BCUT2D eigenvalue weighted by molar-refractivity contribution is 7.98. The Morgan fingerprint density at radius 2 is 1.83 bits per heavy atom. The third-order valence-corrected chi connectivity index (χ3v) is 6.27. The quantitative estimate of drug-likeness (QED) is 0.428. The van der Waals surface area contributed by atoms with Gasteiger partial charge < -0.3 is 9.73 Å². The number of carbonyl (C=O) groups excluding carboxylic acids is 1. The first kappa shape index (κ1) is 20.2. The molecule has 9 heteroatoms. The van der Waals surface area contributed by atoms with Gasteiger partial charge in [-0.05, 0) is 31.0 Å². The molecule has 0 spiro atoms. The smallest absolute Gasteiger partial charge is 0.282 e. The molecule has 2 aromatic carbocycles. The average Bonchev–Trinajstić information content (AvgIpc) is 3.42. The van der Waals surface area contributed by atoms with Crippen molar-refractivity contribution in [2.24, 2.45) is 0 Å². The van der Waals surface area contributed by atoms with Gasteiger partial charge in [-0.2, -0.15) is 0 Å². The Kier molecular flexibility index (Phi) is 6.20. The molecular formula is C21H19N5O2S2. The Balaban J connectivity index is 1.32. The van der Waals surface area contributed by atoms with E-state index >= 15 is 0 Å². The normalized spacial score (nSPS) is 10.9. The summed E-state index contributed by atoms with van der Waals surface area (Å²) in [6.07, 6.45) is 0. The standard InChI is InChI=1S/C21H19N5O2S2/c1-13-7-9-15(10-8-13)11-22-18(27)20-25-23-17(30-20)12-29-21-26-24-19(28-21)16-6-4-3-5-14(16)2/h3-10H,11-12H2,1-2H3,(H,22,27). The number of hydrogen-bond acceptors (Lipinski definition) is 8. The first-order valence-corrected chi connectivity index (χ1v) is 11.1. The molecule has 7 nitrogen and oxygen atoms in total. The second kappa shape index (κ2) is 9.19. The van der Waals surface area contributed by atoms with Crippen LogP contribution in [0.4, 0.5) is 0 Å². The minimum atomic E-state index is -0.232. The molecule has 0 atom stereocenters. The van der Waals surface area contributed by atoms with Gasteiger partial charge in [-0.25, -0.2) is 0 Å². The van der Waals surface area contributed by atoms with Gasteiger partial charge in [0, 0.05) is 12.1 Å². The summed E-state index contributed by atoms with van der Waals surface area (Å²) in [7, 11) is 0. The van der Waals surface area contributed by atoms with Crippen molar-refractivity contribution in [3.63, 3.8) is 0 Å². The third-order valence-electron chi connectivity index (χ3n) is 4.34. The highest BCUT2D eigenvalue weighted by Crippen LogP contribution is 2.28. The van der Waals surface area contributed by atoms with Crippen LogP contribution in [0.3, 0.4) is 0 Å². The van der Waals surface area contributed by atoms with Crippen molar-refractivity contribution in [2.75, 3.05) is 0 Å². The minimum Gasteiger partial charge on any atom is -0.411 e. The average molecular weight is 438 g/mol. The Morgan fingerprint density at radius 3 is 2.63 bits per heavy atom. The maximum Gasteiger partial charge on any atom is 0.282 e. The number of nitrogens with one attached hydrogen (secondary N) is 1. The molecule has 0 aliphatic rings. The van der Waals surface area contributed by atoms with E-state index in [9.17, 15) is 4.79 Å². The van der Waals surface area contributed by atoms with Crippen LogP contribution in [0, 0.1) is 13.8 Å². The number of hydrogen-bond donors (Lipinski definition) is 1. The van der Waals surface area contributed by atoms with Crippen molar-refractivity contribution in [3.05, 3.63) is 75.2 Å². The molecule has 0 radical (unpaired) electrons. The predicted molar refractivity (Wildman–Crippen MR) is 116 cm³/mol. The molecule has 1 N–H and O–H groups in total. The van der Waals surface area contributed by atoms with Crippen LogP contribution in [-0.4, -0.2) is 26.3 Å². The summed E-state index contributed by atoms with van der Waals surface area (Å²) in [6.45, 7) is 4.48. The van der Waals surface area contributed by atoms with E-state index in [1.165, 1.54) is 28.7 Å². The highest BCUT2D eigenvalue weighted by Gasteiger charge is 2.15. The van der Waals surface area contributed by atoms with E-state index in [0.29, 0.717) is 28.4 Å². The summed E-state index contributed by atoms with van der Waals surface area (Å²) in [4.78, 5) is 12.3. The van der Waals surface area contributed by atoms with E-state index in [0.717, 1.165) is 21.7 Å². The number of rotatable bonds is 7. The number of nitrogens with zero attached hydrogens (tertiary/aromatic N) is 4. The second-order valence-electron chi connectivity index (χ2n) is 6.65. The molecular weight excluding hydrogens is 418 g/mol. The van der Waals surface area contributed by atoms with Crippen LogP contribution < -0.4 is 5.32 Å². The summed E-state index contributed by atoms with van der Waals surface area (Å²) in [5.41, 5.74) is 4.21. The maximum atomic E-state index is 12.3. The van der Waals surface area contributed by atoms with Crippen LogP contribution in [0.5, 0.6) is 0 Å². The van der Waals surface area contributed by atoms with Crippen LogP contribution >= 0.6 is 23.1 Å². The number of carbonyl (C=O) groups is 1. The molecule has 30 heavy (non-hydrogen) atoms. The molecule has 4 rings (SSSR count). The lowest BCUT2D eigenvalue weighted by Crippen LogP contribution is -2.22. The van der Waals surface area contributed by atoms with Gasteiger partial charge in [-0.15, -0.1) is 20.4 Å². The zero-order valence-electron chi connectivity index (χ0n) is 16.5. The zero-order chi connectivity index (χ0) is 20.9. The Bertz CT molecular complexity index is 1150. The lowest BCUT2D eigenvalue weighted by atomic mass is 10.1. The molecule has 0 aliphatic carbocycles. The van der Waals surface area contributed by atoms with E-state index in [1.54, 1.807) is 0 Å². The lowest BCUT2D eigenvalue weighted by molar-refractivity contribution is 0.0950. The first-order valence-electron chi connectivity index (χ1n) is 9.27. The third kappa shape index (κ3) is 4.92. The fraction of sp³-hybridized carbons (Fsp3) is 0.190. The summed E-state index contributed by atoms with van der Waals surface area (Å²) in [6, 6.07) is 15.9.